The second-order valence-corrected chi connectivity index (χ2v) is 11.0. The molecule has 0 aliphatic heterocycles. The number of carbonyl (C=O) groups excluding carboxylic acids is 2. The van der Waals surface area contributed by atoms with Crippen LogP contribution in [0.15, 0.2) is 47.1 Å². The SMILES string of the molecule is CCCC(=O)C=CC1=C(C)CCCC1(C)C.CCCC(=O)C=CC1C(C)=CCCC1(C)C. The summed E-state index contributed by atoms with van der Waals surface area (Å²) in [5.41, 5.74) is 4.78. The van der Waals surface area contributed by atoms with E-state index in [1.54, 1.807) is 12.2 Å². The Morgan fingerprint density at radius 1 is 0.969 bits per heavy atom. The molecular formula is C30H48O2. The van der Waals surface area contributed by atoms with Crippen LogP contribution in [0.4, 0.5) is 0 Å². The van der Waals surface area contributed by atoms with Crippen LogP contribution in [0, 0.1) is 16.7 Å². The van der Waals surface area contributed by atoms with Crippen LogP contribution in [0.2, 0.25) is 0 Å². The van der Waals surface area contributed by atoms with Crippen LogP contribution in [0.25, 0.3) is 0 Å². The predicted octanol–water partition coefficient (Wildman–Crippen LogP) is 8.73. The average Bonchev–Trinajstić information content (AvgIpc) is 2.67. The van der Waals surface area contributed by atoms with E-state index in [1.807, 2.05) is 13.8 Å². The van der Waals surface area contributed by atoms with Gasteiger partial charge in [0, 0.05) is 18.8 Å². The maximum Gasteiger partial charge on any atom is 0.155 e. The summed E-state index contributed by atoms with van der Waals surface area (Å²) >= 11 is 0. The Kier molecular flexibility index (Phi) is 11.6. The maximum atomic E-state index is 11.5. The minimum atomic E-state index is 0.241. The number of hydrogen-bond acceptors (Lipinski definition) is 2. The lowest BCUT2D eigenvalue weighted by atomic mass is 9.68. The van der Waals surface area contributed by atoms with Gasteiger partial charge >= 0.3 is 0 Å². The van der Waals surface area contributed by atoms with Crippen molar-refractivity contribution in [2.24, 2.45) is 16.7 Å². The fraction of sp³-hybridized carbons (Fsp3) is 0.667. The van der Waals surface area contributed by atoms with Crippen molar-refractivity contribution in [1.29, 1.82) is 0 Å². The molecule has 2 nitrogen and oxygen atoms in total. The smallest absolute Gasteiger partial charge is 0.155 e. The molecule has 1 unspecified atom stereocenters. The molecule has 0 fully saturated rings. The number of hydrogen-bond donors (Lipinski definition) is 0. The molecular weight excluding hydrogens is 392 g/mol. The Morgan fingerprint density at radius 3 is 2.09 bits per heavy atom. The maximum absolute atomic E-state index is 11.5. The van der Waals surface area contributed by atoms with Crippen molar-refractivity contribution in [3.8, 4) is 0 Å². The fourth-order valence-electron chi connectivity index (χ4n) is 5.03. The molecule has 0 N–H and O–H groups in total. The molecule has 32 heavy (non-hydrogen) atoms. The molecule has 2 rings (SSSR count). The van der Waals surface area contributed by atoms with Gasteiger partial charge in [0.25, 0.3) is 0 Å². The van der Waals surface area contributed by atoms with Gasteiger partial charge in [0.2, 0.25) is 0 Å². The van der Waals surface area contributed by atoms with E-state index in [1.165, 1.54) is 48.8 Å². The number of carbonyl (C=O) groups is 2. The van der Waals surface area contributed by atoms with Crippen LogP contribution in [-0.4, -0.2) is 11.6 Å². The Hall–Kier alpha value is -1.70. The highest BCUT2D eigenvalue weighted by atomic mass is 16.1. The van der Waals surface area contributed by atoms with Crippen molar-refractivity contribution in [3.05, 3.63) is 47.1 Å². The first-order valence-electron chi connectivity index (χ1n) is 12.7. The second kappa shape index (κ2) is 13.1. The third kappa shape index (κ3) is 9.04. The average molecular weight is 441 g/mol. The van der Waals surface area contributed by atoms with Gasteiger partial charge in [0.15, 0.2) is 11.6 Å². The summed E-state index contributed by atoms with van der Waals surface area (Å²) in [6, 6.07) is 0. The van der Waals surface area contributed by atoms with E-state index in [0.717, 1.165) is 12.8 Å². The van der Waals surface area contributed by atoms with Gasteiger partial charge < -0.3 is 0 Å². The molecule has 0 bridgehead atoms. The van der Waals surface area contributed by atoms with E-state index in [0.29, 0.717) is 24.2 Å². The van der Waals surface area contributed by atoms with E-state index in [9.17, 15) is 9.59 Å². The largest absolute Gasteiger partial charge is 0.295 e. The predicted molar refractivity (Wildman–Crippen MR) is 139 cm³/mol. The van der Waals surface area contributed by atoms with Gasteiger partial charge in [-0.2, -0.15) is 0 Å². The summed E-state index contributed by atoms with van der Waals surface area (Å²) in [6.45, 7) is 17.6. The molecule has 180 valence electrons. The Morgan fingerprint density at radius 2 is 1.56 bits per heavy atom. The molecule has 2 aliphatic carbocycles. The molecule has 2 heteroatoms. The van der Waals surface area contributed by atoms with Gasteiger partial charge in [-0.15, -0.1) is 0 Å². The molecule has 0 amide bonds. The summed E-state index contributed by atoms with van der Waals surface area (Å²) in [5.74, 6) is 0.947. The van der Waals surface area contributed by atoms with Crippen molar-refractivity contribution in [1.82, 2.24) is 0 Å². The number of rotatable bonds is 8. The zero-order valence-corrected chi connectivity index (χ0v) is 22.1. The minimum Gasteiger partial charge on any atom is -0.295 e. The lowest BCUT2D eigenvalue weighted by Gasteiger charge is -2.36. The first-order valence-corrected chi connectivity index (χ1v) is 12.7. The van der Waals surface area contributed by atoms with Gasteiger partial charge in [-0.25, -0.2) is 0 Å². The van der Waals surface area contributed by atoms with Crippen LogP contribution in [0.5, 0.6) is 0 Å². The van der Waals surface area contributed by atoms with Crippen LogP contribution < -0.4 is 0 Å². The summed E-state index contributed by atoms with van der Waals surface area (Å²) in [4.78, 5) is 23.0. The van der Waals surface area contributed by atoms with Crippen LogP contribution in [0.1, 0.15) is 113 Å². The van der Waals surface area contributed by atoms with E-state index in [-0.39, 0.29) is 17.0 Å². The van der Waals surface area contributed by atoms with Crippen molar-refractivity contribution < 1.29 is 9.59 Å². The normalized spacial score (nSPS) is 22.5. The molecule has 0 aromatic carbocycles. The summed E-state index contributed by atoms with van der Waals surface area (Å²) in [6.07, 6.45) is 19.3. The van der Waals surface area contributed by atoms with Crippen molar-refractivity contribution in [2.45, 2.75) is 113 Å². The standard InChI is InChI=1S/2C15H24O/c2*1-5-7-13(16)9-10-14-12(2)8-6-11-15(14,3)4/h9-10H,5-8,11H2,1-4H3;8-10,14H,5-7,11H2,1-4H3. The highest BCUT2D eigenvalue weighted by molar-refractivity contribution is 5.90. The van der Waals surface area contributed by atoms with Gasteiger partial charge in [0.05, 0.1) is 0 Å². The first kappa shape index (κ1) is 28.3. The monoisotopic (exact) mass is 440 g/mol. The van der Waals surface area contributed by atoms with E-state index in [4.69, 9.17) is 0 Å². The number of allylic oxidation sites excluding steroid dienone is 8. The van der Waals surface area contributed by atoms with Gasteiger partial charge in [-0.1, -0.05) is 70.9 Å². The zero-order valence-electron chi connectivity index (χ0n) is 22.1. The molecule has 0 saturated carbocycles. The fourth-order valence-corrected chi connectivity index (χ4v) is 5.03. The topological polar surface area (TPSA) is 34.1 Å². The molecule has 0 spiro atoms. The quantitative estimate of drug-likeness (QED) is 0.279. The molecule has 0 aromatic rings. The number of ketones is 2. The molecule has 2 aliphatic rings. The lowest BCUT2D eigenvalue weighted by molar-refractivity contribution is -0.115. The van der Waals surface area contributed by atoms with Gasteiger partial charge in [0.1, 0.15) is 0 Å². The Labute approximate surface area is 198 Å². The van der Waals surface area contributed by atoms with Crippen LogP contribution >= 0.6 is 0 Å². The second-order valence-electron chi connectivity index (χ2n) is 11.0. The molecule has 0 radical (unpaired) electrons. The highest BCUT2D eigenvalue weighted by Gasteiger charge is 2.30. The molecule has 0 aromatic heterocycles. The zero-order chi connectivity index (χ0) is 24.4. The third-order valence-corrected chi connectivity index (χ3v) is 7.03. The molecule has 1 atom stereocenters. The van der Waals surface area contributed by atoms with Crippen molar-refractivity contribution >= 4 is 11.6 Å². The lowest BCUT2D eigenvalue weighted by Crippen LogP contribution is -2.26. The van der Waals surface area contributed by atoms with E-state index < -0.39 is 0 Å². The van der Waals surface area contributed by atoms with Crippen LogP contribution in [-0.2, 0) is 9.59 Å². The summed E-state index contributed by atoms with van der Waals surface area (Å²) < 4.78 is 0. The van der Waals surface area contributed by atoms with Gasteiger partial charge in [-0.3, -0.25) is 9.59 Å². The Bertz CT molecular complexity index is 756. The van der Waals surface area contributed by atoms with Crippen LogP contribution in [0.3, 0.4) is 0 Å². The third-order valence-electron chi connectivity index (χ3n) is 7.03. The van der Waals surface area contributed by atoms with Gasteiger partial charge in [-0.05, 0) is 87.3 Å². The Balaban J connectivity index is 0.000000320. The summed E-state index contributed by atoms with van der Waals surface area (Å²) in [7, 11) is 0. The molecule has 0 heterocycles. The first-order chi connectivity index (χ1) is 14.9. The van der Waals surface area contributed by atoms with Crippen molar-refractivity contribution in [3.63, 3.8) is 0 Å². The summed E-state index contributed by atoms with van der Waals surface area (Å²) in [5, 5.41) is 0. The van der Waals surface area contributed by atoms with Crippen molar-refractivity contribution in [2.75, 3.05) is 0 Å². The molecule has 0 saturated heterocycles. The van der Waals surface area contributed by atoms with E-state index in [2.05, 4.69) is 59.8 Å². The highest BCUT2D eigenvalue weighted by Crippen LogP contribution is 2.42. The van der Waals surface area contributed by atoms with E-state index >= 15 is 0 Å². The minimum absolute atomic E-state index is 0.241.